The van der Waals surface area contributed by atoms with Crippen LogP contribution in [0.4, 0.5) is 0 Å². The van der Waals surface area contributed by atoms with Crippen LogP contribution in [0.15, 0.2) is 42.6 Å². The number of aromatic nitrogens is 3. The Balaban J connectivity index is 1.62. The van der Waals surface area contributed by atoms with Gasteiger partial charge in [0.2, 0.25) is 0 Å². The topological polar surface area (TPSA) is 51.0 Å². The smallest absolute Gasteiger partial charge is 0.257 e. The zero-order valence-corrected chi connectivity index (χ0v) is 17.6. The summed E-state index contributed by atoms with van der Waals surface area (Å²) in [5, 5.41) is 4.34. The van der Waals surface area contributed by atoms with E-state index in [1.807, 2.05) is 32.0 Å². The van der Waals surface area contributed by atoms with E-state index < -0.39 is 0 Å². The average molecular weight is 389 g/mol. The standard InChI is InChI=1S/C24H28N4O/c1-16-7-5-8-19(11-16)13-20-12-17(2)25-22(14-20)23-9-6-10-28(23)24(29)21-15-27(4)26-18(21)3/h5,7-8,11-12,14-15,23H,6,9-10,13H2,1-4H3/t23-/m1/s1. The van der Waals surface area contributed by atoms with Gasteiger partial charge in [-0.3, -0.25) is 14.5 Å². The molecule has 29 heavy (non-hydrogen) atoms. The van der Waals surface area contributed by atoms with Crippen molar-refractivity contribution in [2.24, 2.45) is 7.05 Å². The number of rotatable bonds is 4. The first-order chi connectivity index (χ1) is 13.9. The maximum atomic E-state index is 13.2. The van der Waals surface area contributed by atoms with Gasteiger partial charge in [0.05, 0.1) is 23.0 Å². The van der Waals surface area contributed by atoms with Crippen LogP contribution in [0.1, 0.15) is 63.0 Å². The first-order valence-corrected chi connectivity index (χ1v) is 10.2. The minimum Gasteiger partial charge on any atom is -0.330 e. The molecule has 3 heterocycles. The molecule has 3 aromatic rings. The summed E-state index contributed by atoms with van der Waals surface area (Å²) in [6.45, 7) is 6.81. The quantitative estimate of drug-likeness (QED) is 0.669. The number of benzene rings is 1. The summed E-state index contributed by atoms with van der Waals surface area (Å²) in [6.07, 6.45) is 4.64. The third kappa shape index (κ3) is 4.09. The van der Waals surface area contributed by atoms with Gasteiger partial charge in [0.1, 0.15) is 0 Å². The largest absolute Gasteiger partial charge is 0.330 e. The molecule has 150 valence electrons. The van der Waals surface area contributed by atoms with Crippen LogP contribution in [-0.4, -0.2) is 32.1 Å². The summed E-state index contributed by atoms with van der Waals surface area (Å²) in [6, 6.07) is 13.0. The maximum absolute atomic E-state index is 13.2. The number of carbonyl (C=O) groups is 1. The zero-order chi connectivity index (χ0) is 20.5. The van der Waals surface area contributed by atoms with Crippen molar-refractivity contribution >= 4 is 5.91 Å². The predicted molar refractivity (Wildman–Crippen MR) is 114 cm³/mol. The van der Waals surface area contributed by atoms with Crippen molar-refractivity contribution in [1.29, 1.82) is 0 Å². The molecule has 0 N–H and O–H groups in total. The molecule has 5 nitrogen and oxygen atoms in total. The van der Waals surface area contributed by atoms with Gasteiger partial charge >= 0.3 is 0 Å². The van der Waals surface area contributed by atoms with E-state index in [4.69, 9.17) is 4.98 Å². The third-order valence-corrected chi connectivity index (χ3v) is 5.62. The first kappa shape index (κ1) is 19.4. The summed E-state index contributed by atoms with van der Waals surface area (Å²) < 4.78 is 1.71. The van der Waals surface area contributed by atoms with Gasteiger partial charge in [0.25, 0.3) is 5.91 Å². The number of hydrogen-bond donors (Lipinski definition) is 0. The third-order valence-electron chi connectivity index (χ3n) is 5.62. The highest BCUT2D eigenvalue weighted by Crippen LogP contribution is 2.33. The molecule has 0 saturated carbocycles. The molecule has 0 radical (unpaired) electrons. The predicted octanol–water partition coefficient (Wildman–Crippen LogP) is 4.31. The Morgan fingerprint density at radius 3 is 2.69 bits per heavy atom. The zero-order valence-electron chi connectivity index (χ0n) is 17.6. The van der Waals surface area contributed by atoms with Gasteiger partial charge in [0.15, 0.2) is 0 Å². The second-order valence-corrected chi connectivity index (χ2v) is 8.17. The van der Waals surface area contributed by atoms with Crippen LogP contribution in [0.2, 0.25) is 0 Å². The highest BCUT2D eigenvalue weighted by atomic mass is 16.2. The van der Waals surface area contributed by atoms with E-state index in [1.165, 1.54) is 16.7 Å². The van der Waals surface area contributed by atoms with Gasteiger partial charge in [-0.2, -0.15) is 5.10 Å². The lowest BCUT2D eigenvalue weighted by Crippen LogP contribution is -2.31. The van der Waals surface area contributed by atoms with E-state index in [0.29, 0.717) is 5.56 Å². The number of pyridine rings is 1. The number of amides is 1. The highest BCUT2D eigenvalue weighted by molar-refractivity contribution is 5.95. The van der Waals surface area contributed by atoms with Crippen LogP contribution in [-0.2, 0) is 13.5 Å². The molecule has 5 heteroatoms. The second kappa shape index (κ2) is 7.82. The lowest BCUT2D eigenvalue weighted by atomic mass is 10.0. The highest BCUT2D eigenvalue weighted by Gasteiger charge is 2.33. The number of hydrogen-bond acceptors (Lipinski definition) is 3. The molecule has 1 fully saturated rings. The molecule has 4 rings (SSSR count). The van der Waals surface area contributed by atoms with Gasteiger partial charge in [-0.05, 0) is 63.3 Å². The van der Waals surface area contributed by atoms with Crippen LogP contribution in [0, 0.1) is 20.8 Å². The van der Waals surface area contributed by atoms with Crippen LogP contribution in [0.3, 0.4) is 0 Å². The second-order valence-electron chi connectivity index (χ2n) is 8.17. The maximum Gasteiger partial charge on any atom is 0.257 e. The number of likely N-dealkylation sites (tertiary alicyclic amines) is 1. The van der Waals surface area contributed by atoms with Gasteiger partial charge in [-0.1, -0.05) is 29.8 Å². The lowest BCUT2D eigenvalue weighted by molar-refractivity contribution is 0.0732. The number of carbonyl (C=O) groups excluding carboxylic acids is 1. The molecule has 2 aromatic heterocycles. The van der Waals surface area contributed by atoms with Crippen LogP contribution in [0.5, 0.6) is 0 Å². The van der Waals surface area contributed by atoms with Crippen molar-refractivity contribution in [1.82, 2.24) is 19.7 Å². The van der Waals surface area contributed by atoms with Crippen molar-refractivity contribution in [2.45, 2.75) is 46.1 Å². The van der Waals surface area contributed by atoms with E-state index in [2.05, 4.69) is 48.4 Å². The van der Waals surface area contributed by atoms with Crippen molar-refractivity contribution < 1.29 is 4.79 Å². The SMILES string of the molecule is Cc1cccc(Cc2cc(C)nc([C@H]3CCCN3C(=O)c3cn(C)nc3C)c2)c1. The summed E-state index contributed by atoms with van der Waals surface area (Å²) in [4.78, 5) is 20.0. The molecule has 1 saturated heterocycles. The summed E-state index contributed by atoms with van der Waals surface area (Å²) in [7, 11) is 1.85. The van der Waals surface area contributed by atoms with E-state index in [9.17, 15) is 4.79 Å². The number of aryl methyl sites for hydroxylation is 4. The summed E-state index contributed by atoms with van der Waals surface area (Å²) >= 11 is 0. The fourth-order valence-electron chi connectivity index (χ4n) is 4.38. The molecule has 0 aliphatic carbocycles. The van der Waals surface area contributed by atoms with Gasteiger partial charge in [-0.15, -0.1) is 0 Å². The van der Waals surface area contributed by atoms with E-state index in [-0.39, 0.29) is 11.9 Å². The lowest BCUT2D eigenvalue weighted by Gasteiger charge is -2.25. The normalized spacial score (nSPS) is 16.4. The fourth-order valence-corrected chi connectivity index (χ4v) is 4.38. The van der Waals surface area contributed by atoms with Gasteiger partial charge < -0.3 is 4.90 Å². The monoisotopic (exact) mass is 388 g/mol. The van der Waals surface area contributed by atoms with Crippen molar-refractivity contribution in [3.8, 4) is 0 Å². The molecule has 0 bridgehead atoms. The molecule has 1 aliphatic rings. The van der Waals surface area contributed by atoms with Gasteiger partial charge in [0, 0.05) is 25.5 Å². The van der Waals surface area contributed by atoms with E-state index in [0.717, 1.165) is 42.9 Å². The van der Waals surface area contributed by atoms with Crippen molar-refractivity contribution in [3.63, 3.8) is 0 Å². The Bertz CT molecular complexity index is 1050. The Kier molecular flexibility index (Phi) is 5.22. The minimum atomic E-state index is 0.0262. The van der Waals surface area contributed by atoms with Gasteiger partial charge in [-0.25, -0.2) is 0 Å². The molecule has 1 atom stereocenters. The van der Waals surface area contributed by atoms with Crippen LogP contribution < -0.4 is 0 Å². The molecule has 0 unspecified atom stereocenters. The summed E-state index contributed by atoms with van der Waals surface area (Å²) in [5.74, 6) is 0.0571. The number of nitrogens with zero attached hydrogens (tertiary/aromatic N) is 4. The van der Waals surface area contributed by atoms with E-state index >= 15 is 0 Å². The molecule has 1 aromatic carbocycles. The first-order valence-electron chi connectivity index (χ1n) is 10.2. The molecule has 1 aliphatic heterocycles. The molecular weight excluding hydrogens is 360 g/mol. The molecule has 0 spiro atoms. The Hall–Kier alpha value is -2.95. The van der Waals surface area contributed by atoms with E-state index in [1.54, 1.807) is 4.68 Å². The molecule has 1 amide bonds. The minimum absolute atomic E-state index is 0.0262. The fraction of sp³-hybridized carbons (Fsp3) is 0.375. The Morgan fingerprint density at radius 2 is 1.97 bits per heavy atom. The van der Waals surface area contributed by atoms with Crippen molar-refractivity contribution in [2.75, 3.05) is 6.54 Å². The Morgan fingerprint density at radius 1 is 1.14 bits per heavy atom. The average Bonchev–Trinajstić information content (AvgIpc) is 3.27. The summed E-state index contributed by atoms with van der Waals surface area (Å²) in [5.41, 5.74) is 7.28. The van der Waals surface area contributed by atoms with Crippen LogP contribution >= 0.6 is 0 Å². The molecular formula is C24H28N4O. The Labute approximate surface area is 172 Å². The van der Waals surface area contributed by atoms with Crippen LogP contribution in [0.25, 0.3) is 0 Å². The van der Waals surface area contributed by atoms with Crippen molar-refractivity contribution in [3.05, 3.63) is 81.9 Å².